The number of carbonyl (C=O) groups excluding carboxylic acids is 1. The number of carbonyl (C=O) groups is 1. The summed E-state index contributed by atoms with van der Waals surface area (Å²) >= 11 is 1.38. The van der Waals surface area contributed by atoms with E-state index in [1.165, 1.54) is 11.3 Å². The first-order valence-electron chi connectivity index (χ1n) is 13.4. The number of nitrogens with one attached hydrogen (secondary N) is 1. The smallest absolute Gasteiger partial charge is 0.233 e. The average Bonchev–Trinajstić information content (AvgIpc) is 3.66. The van der Waals surface area contributed by atoms with Gasteiger partial charge in [0.1, 0.15) is 12.3 Å². The minimum absolute atomic E-state index is 0.0740. The summed E-state index contributed by atoms with van der Waals surface area (Å²) in [5.41, 5.74) is 2.47. The first-order chi connectivity index (χ1) is 18.8. The van der Waals surface area contributed by atoms with Crippen molar-refractivity contribution in [1.82, 2.24) is 4.98 Å². The number of hydrogen-bond acceptors (Lipinski definition) is 7. The number of thiazole rings is 1. The molecule has 2 heterocycles. The third-order valence-corrected chi connectivity index (χ3v) is 11.2. The van der Waals surface area contributed by atoms with Gasteiger partial charge in [-0.05, 0) is 73.9 Å². The van der Waals surface area contributed by atoms with E-state index in [0.29, 0.717) is 36.8 Å². The van der Waals surface area contributed by atoms with Crippen LogP contribution in [0.4, 0.5) is 19.6 Å². The molecule has 0 bridgehead atoms. The lowest BCUT2D eigenvalue weighted by molar-refractivity contribution is -0.118. The normalized spacial score (nSPS) is 24.7. The second-order valence-corrected chi connectivity index (χ2v) is 14.0. The van der Waals surface area contributed by atoms with Crippen LogP contribution in [0.15, 0.2) is 47.4 Å². The molecule has 1 aliphatic heterocycles. The molecule has 208 valence electrons. The Morgan fingerprint density at radius 3 is 2.44 bits per heavy atom. The van der Waals surface area contributed by atoms with Gasteiger partial charge in [0.15, 0.2) is 15.0 Å². The van der Waals surface area contributed by atoms with Crippen LogP contribution in [0.3, 0.4) is 0 Å². The van der Waals surface area contributed by atoms with Gasteiger partial charge in [-0.15, -0.1) is 0 Å². The predicted octanol–water partition coefficient (Wildman–Crippen LogP) is 5.27. The Balaban J connectivity index is 1.23. The first kappa shape index (κ1) is 26.6. The van der Waals surface area contributed by atoms with Gasteiger partial charge in [0.25, 0.3) is 0 Å². The van der Waals surface area contributed by atoms with Crippen molar-refractivity contribution in [2.45, 2.75) is 60.5 Å². The van der Waals surface area contributed by atoms with Gasteiger partial charge in [0.2, 0.25) is 5.91 Å². The van der Waals surface area contributed by atoms with Crippen molar-refractivity contribution in [2.75, 3.05) is 36.5 Å². The van der Waals surface area contributed by atoms with Gasteiger partial charge in [0.05, 0.1) is 39.5 Å². The third kappa shape index (κ3) is 5.67. The zero-order valence-electron chi connectivity index (χ0n) is 21.4. The number of alkyl halides is 2. The lowest BCUT2D eigenvalue weighted by atomic mass is 9.87. The molecule has 1 unspecified atom stereocenters. The molecule has 2 aliphatic carbocycles. The van der Waals surface area contributed by atoms with E-state index in [0.717, 1.165) is 29.0 Å². The van der Waals surface area contributed by atoms with Crippen molar-refractivity contribution >= 4 is 48.1 Å². The maximum absolute atomic E-state index is 14.0. The monoisotopic (exact) mass is 575 g/mol. The van der Waals surface area contributed by atoms with E-state index in [1.54, 1.807) is 24.3 Å². The molecule has 3 fully saturated rings. The molecule has 1 aromatic heterocycles. The van der Waals surface area contributed by atoms with Gasteiger partial charge in [-0.3, -0.25) is 4.79 Å². The molecule has 11 heteroatoms. The van der Waals surface area contributed by atoms with E-state index < -0.39 is 28.1 Å². The van der Waals surface area contributed by atoms with Gasteiger partial charge in [-0.1, -0.05) is 23.5 Å². The Labute approximate surface area is 230 Å². The van der Waals surface area contributed by atoms with Crippen molar-refractivity contribution in [1.29, 1.82) is 0 Å². The van der Waals surface area contributed by atoms with Crippen molar-refractivity contribution in [3.63, 3.8) is 0 Å². The summed E-state index contributed by atoms with van der Waals surface area (Å²) < 4.78 is 59.6. The second kappa shape index (κ2) is 10.7. The molecule has 1 saturated heterocycles. The van der Waals surface area contributed by atoms with E-state index >= 15 is 0 Å². The minimum atomic E-state index is -3.36. The summed E-state index contributed by atoms with van der Waals surface area (Å²) in [4.78, 5) is 20.7. The van der Waals surface area contributed by atoms with Crippen molar-refractivity contribution in [3.05, 3.63) is 48.0 Å². The molecule has 7 nitrogen and oxygen atoms in total. The number of amides is 1. The summed E-state index contributed by atoms with van der Waals surface area (Å²) in [6.07, 6.45) is -1.28. The highest BCUT2D eigenvalue weighted by atomic mass is 32.2. The number of sulfone groups is 1. The van der Waals surface area contributed by atoms with Gasteiger partial charge < -0.3 is 15.0 Å². The van der Waals surface area contributed by atoms with Crippen LogP contribution in [0.25, 0.3) is 10.2 Å². The quantitative estimate of drug-likeness (QED) is 0.394. The molecule has 2 aromatic carbocycles. The maximum Gasteiger partial charge on any atom is 0.233 e. The Hall–Kier alpha value is -2.63. The van der Waals surface area contributed by atoms with Gasteiger partial charge >= 0.3 is 0 Å². The third-order valence-electron chi connectivity index (χ3n) is 7.95. The number of halogens is 2. The van der Waals surface area contributed by atoms with Crippen molar-refractivity contribution < 1.29 is 26.7 Å². The summed E-state index contributed by atoms with van der Waals surface area (Å²) in [7, 11) is -3.36. The number of fused-ring (bicyclic) bond motifs is 1. The van der Waals surface area contributed by atoms with Crippen LogP contribution in [0.2, 0.25) is 0 Å². The molecule has 2 saturated carbocycles. The number of hydrogen-bond donors (Lipinski definition) is 1. The Morgan fingerprint density at radius 1 is 1.08 bits per heavy atom. The largest absolute Gasteiger partial charge is 0.378 e. The minimum Gasteiger partial charge on any atom is -0.378 e. The highest BCUT2D eigenvalue weighted by molar-refractivity contribution is 7.92. The lowest BCUT2D eigenvalue weighted by Gasteiger charge is -2.28. The number of rotatable bonds is 8. The topological polar surface area (TPSA) is 88.6 Å². The highest BCUT2D eigenvalue weighted by Gasteiger charge is 2.39. The van der Waals surface area contributed by atoms with Crippen LogP contribution in [0, 0.1) is 5.92 Å². The van der Waals surface area contributed by atoms with Crippen molar-refractivity contribution in [3.8, 4) is 0 Å². The Kier molecular flexibility index (Phi) is 7.32. The summed E-state index contributed by atoms with van der Waals surface area (Å²) in [6.45, 7) is 3.00. The molecule has 39 heavy (non-hydrogen) atoms. The van der Waals surface area contributed by atoms with E-state index in [4.69, 9.17) is 4.74 Å². The van der Waals surface area contributed by atoms with Crippen molar-refractivity contribution in [2.24, 2.45) is 5.92 Å². The fourth-order valence-corrected chi connectivity index (χ4v) is 8.15. The number of morpholine rings is 1. The van der Waals surface area contributed by atoms with Crippen LogP contribution in [-0.2, 0) is 19.4 Å². The molecule has 1 N–H and O–H groups in total. The average molecular weight is 576 g/mol. The summed E-state index contributed by atoms with van der Waals surface area (Å²) in [5, 5.41) is 3.05. The number of ether oxygens (including phenoxy) is 1. The molecular weight excluding hydrogens is 544 g/mol. The standard InChI is InChI=1S/C28H31F2N3O4S2/c29-23-14-17(15-24(23)30)13-22(18-1-4-20(5-2-18)39(35,36)21-6-7-21)27(34)32-28-31-25-8-3-19(16-26(25)38-28)33-9-11-37-12-10-33/h1-5,8,16-17,21-24H,6-7,9-15H2,(H,31,32,34)/t17?,22-,23-,24+/m1/s1. The summed E-state index contributed by atoms with van der Waals surface area (Å²) in [5.74, 6) is -1.30. The SMILES string of the molecule is O=C(Nc1nc2ccc(N3CCOCC3)cc2s1)[C@H](CC1C[C@@H](F)[C@@H](F)C1)c1ccc(S(=O)(=O)C2CC2)cc1. The second-order valence-electron chi connectivity index (χ2n) is 10.7. The van der Waals surface area contributed by atoms with E-state index in [-0.39, 0.29) is 41.2 Å². The van der Waals surface area contributed by atoms with Crippen LogP contribution >= 0.6 is 11.3 Å². The summed E-state index contributed by atoms with van der Waals surface area (Å²) in [6, 6.07) is 12.4. The van der Waals surface area contributed by atoms with Gasteiger partial charge in [0, 0.05) is 18.8 Å². The number of benzene rings is 2. The molecule has 3 aromatic rings. The maximum atomic E-state index is 14.0. The first-order valence-corrected chi connectivity index (χ1v) is 15.8. The zero-order chi connectivity index (χ0) is 27.1. The molecule has 4 atom stereocenters. The number of nitrogens with zero attached hydrogens (tertiary/aromatic N) is 2. The fraction of sp³-hybridized carbons (Fsp3) is 0.500. The molecular formula is C28H31F2N3O4S2. The Morgan fingerprint density at radius 2 is 1.77 bits per heavy atom. The molecule has 6 rings (SSSR count). The predicted molar refractivity (Wildman–Crippen MR) is 148 cm³/mol. The van der Waals surface area contributed by atoms with E-state index in [9.17, 15) is 22.0 Å². The Bertz CT molecular complexity index is 1440. The molecule has 0 radical (unpaired) electrons. The van der Waals surface area contributed by atoms with Crippen LogP contribution < -0.4 is 10.2 Å². The lowest BCUT2D eigenvalue weighted by Crippen LogP contribution is -2.36. The van der Waals surface area contributed by atoms with Crippen LogP contribution in [-0.4, -0.2) is 63.2 Å². The highest BCUT2D eigenvalue weighted by Crippen LogP contribution is 2.39. The number of aromatic nitrogens is 1. The van der Waals surface area contributed by atoms with Crippen LogP contribution in [0.1, 0.15) is 43.6 Å². The van der Waals surface area contributed by atoms with Gasteiger partial charge in [-0.2, -0.15) is 0 Å². The zero-order valence-corrected chi connectivity index (χ0v) is 23.0. The van der Waals surface area contributed by atoms with Gasteiger partial charge in [-0.25, -0.2) is 22.2 Å². The fourth-order valence-electron chi connectivity index (χ4n) is 5.59. The van der Waals surface area contributed by atoms with Crippen LogP contribution in [0.5, 0.6) is 0 Å². The molecule has 1 amide bonds. The van der Waals surface area contributed by atoms with E-state index in [2.05, 4.69) is 21.3 Å². The molecule has 0 spiro atoms. The number of anilines is 2. The van der Waals surface area contributed by atoms with E-state index in [1.807, 2.05) is 12.1 Å². The molecule has 3 aliphatic rings.